The highest BCUT2D eigenvalue weighted by Crippen LogP contribution is 2.09. The number of rotatable bonds is 7. The van der Waals surface area contributed by atoms with Crippen molar-refractivity contribution in [3.8, 4) is 0 Å². The van der Waals surface area contributed by atoms with Gasteiger partial charge in [0.1, 0.15) is 0 Å². The Balaban J connectivity index is 3.10. The van der Waals surface area contributed by atoms with Crippen LogP contribution < -0.4 is 10.9 Å². The second-order valence-electron chi connectivity index (χ2n) is 3.80. The van der Waals surface area contributed by atoms with Gasteiger partial charge >= 0.3 is 8.80 Å². The Kier molecular flexibility index (Phi) is 6.12. The Hall–Kier alpha value is -1.25. The second-order valence-corrected chi connectivity index (χ2v) is 6.68. The Morgan fingerprint density at radius 1 is 1.16 bits per heavy atom. The van der Waals surface area contributed by atoms with E-state index in [1.807, 2.05) is 24.3 Å². The number of nitrogens with zero attached hydrogens (tertiary/aromatic N) is 1. The highest BCUT2D eigenvalue weighted by atomic mass is 28.4. The molecule has 6 nitrogen and oxygen atoms in total. The maximum Gasteiger partial charge on any atom is 0.537 e. The lowest BCUT2D eigenvalue weighted by Gasteiger charge is -2.25. The minimum atomic E-state index is -2.89. The molecule has 0 aromatic heterocycles. The molecule has 0 spiro atoms. The van der Waals surface area contributed by atoms with Gasteiger partial charge in [0.25, 0.3) is 0 Å². The third kappa shape index (κ3) is 3.85. The molecule has 1 unspecified atom stereocenters. The summed E-state index contributed by atoms with van der Waals surface area (Å²) in [5.74, 6) is 0. The van der Waals surface area contributed by atoms with Crippen LogP contribution in [0.4, 0.5) is 0 Å². The number of nitrogens with two attached hydrogens (primary N) is 1. The first-order valence-corrected chi connectivity index (χ1v) is 7.52. The van der Waals surface area contributed by atoms with Crippen LogP contribution in [0, 0.1) is 0 Å². The van der Waals surface area contributed by atoms with Gasteiger partial charge < -0.3 is 18.1 Å². The van der Waals surface area contributed by atoms with Crippen LogP contribution in [0.2, 0.25) is 0 Å². The van der Waals surface area contributed by atoms with Crippen LogP contribution in [0.15, 0.2) is 29.4 Å². The fourth-order valence-electron chi connectivity index (χ4n) is 1.65. The van der Waals surface area contributed by atoms with Crippen LogP contribution in [-0.2, 0) is 18.1 Å². The molecule has 7 heteroatoms. The number of benzene rings is 1. The smallest absolute Gasteiger partial charge is 0.377 e. The molecular weight excluding hydrogens is 264 g/mol. The molecule has 0 amide bonds. The van der Waals surface area contributed by atoms with Crippen LogP contribution >= 0.6 is 0 Å². The van der Waals surface area contributed by atoms with Crippen molar-refractivity contribution in [1.29, 1.82) is 0 Å². The predicted molar refractivity (Wildman–Crippen MR) is 75.2 cm³/mol. The number of hydrogen-bond donors (Lipinski definition) is 1. The SMILES string of the molecule is CO[Si](OC)(OC)c1ccccc1C=NOC(C)N. The van der Waals surface area contributed by atoms with Crippen molar-refractivity contribution >= 4 is 20.2 Å². The largest absolute Gasteiger partial charge is 0.537 e. The van der Waals surface area contributed by atoms with E-state index in [0.29, 0.717) is 0 Å². The Bertz CT molecular complexity index is 414. The fourth-order valence-corrected chi connectivity index (χ4v) is 3.61. The lowest BCUT2D eigenvalue weighted by molar-refractivity contribution is 0.0787. The molecule has 1 aromatic carbocycles. The van der Waals surface area contributed by atoms with Crippen molar-refractivity contribution in [1.82, 2.24) is 0 Å². The van der Waals surface area contributed by atoms with Gasteiger partial charge in [0.2, 0.25) is 0 Å². The molecule has 0 fully saturated rings. The Morgan fingerprint density at radius 3 is 2.26 bits per heavy atom. The average molecular weight is 284 g/mol. The maximum absolute atomic E-state index is 5.46. The van der Waals surface area contributed by atoms with E-state index in [9.17, 15) is 0 Å². The van der Waals surface area contributed by atoms with E-state index >= 15 is 0 Å². The Labute approximate surface area is 114 Å². The van der Waals surface area contributed by atoms with Crippen molar-refractivity contribution in [3.05, 3.63) is 29.8 Å². The number of hydrogen-bond acceptors (Lipinski definition) is 6. The third-order valence-corrected chi connectivity index (χ3v) is 5.24. The maximum atomic E-state index is 5.46. The summed E-state index contributed by atoms with van der Waals surface area (Å²) in [4.78, 5) is 4.95. The fraction of sp³-hybridized carbons (Fsp3) is 0.417. The molecule has 19 heavy (non-hydrogen) atoms. The number of oxime groups is 1. The van der Waals surface area contributed by atoms with Crippen LogP contribution in [0.25, 0.3) is 0 Å². The molecule has 0 aliphatic rings. The first-order valence-electron chi connectivity index (χ1n) is 5.79. The van der Waals surface area contributed by atoms with Gasteiger partial charge in [-0.15, -0.1) is 0 Å². The summed E-state index contributed by atoms with van der Waals surface area (Å²) in [6.45, 7) is 1.70. The van der Waals surface area contributed by atoms with Gasteiger partial charge in [0.05, 0.1) is 6.21 Å². The molecule has 0 saturated heterocycles. The van der Waals surface area contributed by atoms with Gasteiger partial charge in [0.15, 0.2) is 6.23 Å². The van der Waals surface area contributed by atoms with Crippen LogP contribution in [-0.4, -0.2) is 42.6 Å². The van der Waals surface area contributed by atoms with Gasteiger partial charge in [-0.3, -0.25) is 5.73 Å². The molecule has 2 N–H and O–H groups in total. The van der Waals surface area contributed by atoms with Crippen LogP contribution in [0.3, 0.4) is 0 Å². The standard InChI is InChI=1S/C12H20N2O4Si/c1-10(13)18-14-9-11-7-5-6-8-12(11)19(15-2,16-3)17-4/h5-10H,13H2,1-4H3. The highest BCUT2D eigenvalue weighted by molar-refractivity contribution is 6.76. The molecule has 0 saturated carbocycles. The monoisotopic (exact) mass is 284 g/mol. The molecule has 1 atom stereocenters. The van der Waals surface area contributed by atoms with Crippen LogP contribution in [0.1, 0.15) is 12.5 Å². The van der Waals surface area contributed by atoms with Gasteiger partial charge in [-0.05, 0) is 6.92 Å². The molecule has 1 rings (SSSR count). The van der Waals surface area contributed by atoms with Crippen molar-refractivity contribution < 1.29 is 18.1 Å². The van der Waals surface area contributed by atoms with E-state index in [1.54, 1.807) is 34.5 Å². The van der Waals surface area contributed by atoms with Gasteiger partial charge in [-0.25, -0.2) is 0 Å². The average Bonchev–Trinajstić information content (AvgIpc) is 2.42. The van der Waals surface area contributed by atoms with E-state index in [-0.39, 0.29) is 0 Å². The lowest BCUT2D eigenvalue weighted by Crippen LogP contribution is -2.56. The highest BCUT2D eigenvalue weighted by Gasteiger charge is 2.42. The first-order chi connectivity index (χ1) is 9.09. The summed E-state index contributed by atoms with van der Waals surface area (Å²) in [6, 6.07) is 7.53. The first kappa shape index (κ1) is 15.8. The minimum absolute atomic E-state index is 0.460. The van der Waals surface area contributed by atoms with Gasteiger partial charge in [-0.1, -0.05) is 29.4 Å². The van der Waals surface area contributed by atoms with E-state index < -0.39 is 15.0 Å². The molecule has 0 aliphatic heterocycles. The summed E-state index contributed by atoms with van der Waals surface area (Å²) in [5, 5.41) is 4.64. The van der Waals surface area contributed by atoms with Gasteiger partial charge in [0, 0.05) is 32.1 Å². The molecule has 0 aliphatic carbocycles. The third-order valence-electron chi connectivity index (χ3n) is 2.52. The summed E-state index contributed by atoms with van der Waals surface area (Å²) in [6.07, 6.45) is 1.11. The lowest BCUT2D eigenvalue weighted by atomic mass is 10.2. The molecule has 0 radical (unpaired) electrons. The summed E-state index contributed by atoms with van der Waals surface area (Å²) in [5.41, 5.74) is 6.26. The topological polar surface area (TPSA) is 75.3 Å². The molecule has 106 valence electrons. The molecule has 0 bridgehead atoms. The molecular formula is C12H20N2O4Si. The van der Waals surface area contributed by atoms with Gasteiger partial charge in [-0.2, -0.15) is 0 Å². The molecule has 0 heterocycles. The zero-order chi connectivity index (χ0) is 14.3. The van der Waals surface area contributed by atoms with E-state index in [0.717, 1.165) is 10.8 Å². The summed E-state index contributed by atoms with van der Waals surface area (Å²) >= 11 is 0. The van der Waals surface area contributed by atoms with Crippen molar-refractivity contribution in [2.24, 2.45) is 10.9 Å². The zero-order valence-electron chi connectivity index (χ0n) is 11.6. The van der Waals surface area contributed by atoms with Crippen molar-refractivity contribution in [3.63, 3.8) is 0 Å². The van der Waals surface area contributed by atoms with E-state index in [4.69, 9.17) is 23.8 Å². The molecule has 1 aromatic rings. The Morgan fingerprint density at radius 2 is 1.74 bits per heavy atom. The van der Waals surface area contributed by atoms with Crippen molar-refractivity contribution in [2.45, 2.75) is 13.2 Å². The van der Waals surface area contributed by atoms with E-state index in [2.05, 4.69) is 5.16 Å². The predicted octanol–water partition coefficient (Wildman–Crippen LogP) is 0.427. The minimum Gasteiger partial charge on any atom is -0.377 e. The quantitative estimate of drug-likeness (QED) is 0.340. The second kappa shape index (κ2) is 7.36. The van der Waals surface area contributed by atoms with E-state index in [1.165, 1.54) is 0 Å². The summed E-state index contributed by atoms with van der Waals surface area (Å²) < 4.78 is 16.4. The normalized spacial score (nSPS) is 13.7. The van der Waals surface area contributed by atoms with Crippen LogP contribution in [0.5, 0.6) is 0 Å². The van der Waals surface area contributed by atoms with Crippen molar-refractivity contribution in [2.75, 3.05) is 21.3 Å². The zero-order valence-corrected chi connectivity index (χ0v) is 12.6. The summed E-state index contributed by atoms with van der Waals surface area (Å²) in [7, 11) is 1.79.